The van der Waals surface area contributed by atoms with E-state index < -0.39 is 5.60 Å². The number of hydrogen-bond acceptors (Lipinski definition) is 4. The van der Waals surface area contributed by atoms with Crippen LogP contribution in [0.1, 0.15) is 27.2 Å². The molecule has 0 aliphatic rings. The highest BCUT2D eigenvalue weighted by atomic mass is 16.3. The second-order valence-corrected chi connectivity index (χ2v) is 5.64. The van der Waals surface area contributed by atoms with Crippen LogP contribution >= 0.6 is 0 Å². The van der Waals surface area contributed by atoms with E-state index in [9.17, 15) is 10.2 Å². The van der Waals surface area contributed by atoms with E-state index in [1.54, 1.807) is 0 Å². The summed E-state index contributed by atoms with van der Waals surface area (Å²) in [7, 11) is 3.86. The lowest BCUT2D eigenvalue weighted by Crippen LogP contribution is -2.43. The zero-order valence-corrected chi connectivity index (χ0v) is 11.3. The summed E-state index contributed by atoms with van der Waals surface area (Å²) in [6.45, 7) is 7.70. The van der Waals surface area contributed by atoms with Crippen molar-refractivity contribution >= 4 is 0 Å². The molecule has 0 aromatic carbocycles. The molecule has 0 amide bonds. The number of rotatable bonds is 8. The van der Waals surface area contributed by atoms with Gasteiger partial charge in [-0.25, -0.2) is 0 Å². The van der Waals surface area contributed by atoms with Gasteiger partial charge >= 0.3 is 0 Å². The van der Waals surface area contributed by atoms with Gasteiger partial charge in [0.1, 0.15) is 0 Å². The van der Waals surface area contributed by atoms with Crippen LogP contribution in [-0.2, 0) is 0 Å². The van der Waals surface area contributed by atoms with E-state index in [1.165, 1.54) is 0 Å². The molecule has 0 bridgehead atoms. The standard InChI is InChI=1S/C12H28N2O2/c1-10(2)6-12(3,16)9-13-7-11(15)8-14(4)5/h10-11,13,15-16H,6-9H2,1-5H3. The number of hydrogen-bond donors (Lipinski definition) is 3. The summed E-state index contributed by atoms with van der Waals surface area (Å²) in [5.74, 6) is 0.475. The van der Waals surface area contributed by atoms with Crippen LogP contribution in [0.3, 0.4) is 0 Å². The molecule has 0 saturated carbocycles. The van der Waals surface area contributed by atoms with Crippen molar-refractivity contribution in [2.75, 3.05) is 33.7 Å². The first kappa shape index (κ1) is 15.8. The Balaban J connectivity index is 3.71. The quantitative estimate of drug-likeness (QED) is 0.563. The van der Waals surface area contributed by atoms with Crippen LogP contribution in [0.2, 0.25) is 0 Å². The third-order valence-corrected chi connectivity index (χ3v) is 2.31. The highest BCUT2D eigenvalue weighted by Crippen LogP contribution is 2.14. The van der Waals surface area contributed by atoms with Crippen LogP contribution in [0.25, 0.3) is 0 Å². The first-order valence-electron chi connectivity index (χ1n) is 5.99. The third-order valence-electron chi connectivity index (χ3n) is 2.31. The molecule has 4 nitrogen and oxygen atoms in total. The topological polar surface area (TPSA) is 55.7 Å². The minimum atomic E-state index is -0.688. The predicted octanol–water partition coefficient (Wildman–Crippen LogP) is 0.296. The molecule has 4 heteroatoms. The van der Waals surface area contributed by atoms with E-state index in [2.05, 4.69) is 19.2 Å². The van der Waals surface area contributed by atoms with Gasteiger partial charge in [0.2, 0.25) is 0 Å². The molecule has 0 aromatic heterocycles. The van der Waals surface area contributed by atoms with Gasteiger partial charge < -0.3 is 20.4 Å². The summed E-state index contributed by atoms with van der Waals surface area (Å²) in [6, 6.07) is 0. The van der Waals surface area contributed by atoms with Gasteiger partial charge in [0, 0.05) is 19.6 Å². The van der Waals surface area contributed by atoms with Gasteiger partial charge in [-0.3, -0.25) is 0 Å². The van der Waals surface area contributed by atoms with Crippen molar-refractivity contribution in [3.63, 3.8) is 0 Å². The average Bonchev–Trinajstić information content (AvgIpc) is 1.98. The van der Waals surface area contributed by atoms with Gasteiger partial charge in [0.15, 0.2) is 0 Å². The Labute approximate surface area is 99.7 Å². The highest BCUT2D eigenvalue weighted by Gasteiger charge is 2.21. The minimum absolute atomic E-state index is 0.384. The van der Waals surface area contributed by atoms with Crippen molar-refractivity contribution in [1.29, 1.82) is 0 Å². The summed E-state index contributed by atoms with van der Waals surface area (Å²) in [5.41, 5.74) is -0.688. The lowest BCUT2D eigenvalue weighted by atomic mass is 9.94. The molecule has 0 aliphatic carbocycles. The van der Waals surface area contributed by atoms with Crippen molar-refractivity contribution in [1.82, 2.24) is 10.2 Å². The lowest BCUT2D eigenvalue weighted by Gasteiger charge is -2.26. The molecule has 0 saturated heterocycles. The van der Waals surface area contributed by atoms with Crippen molar-refractivity contribution in [2.45, 2.75) is 38.9 Å². The van der Waals surface area contributed by atoms with Gasteiger partial charge in [-0.15, -0.1) is 0 Å². The summed E-state index contributed by atoms with van der Waals surface area (Å²) >= 11 is 0. The third kappa shape index (κ3) is 9.09. The molecule has 0 rings (SSSR count). The molecular formula is C12H28N2O2. The predicted molar refractivity (Wildman–Crippen MR) is 67.5 cm³/mol. The van der Waals surface area contributed by atoms with E-state index in [1.807, 2.05) is 25.9 Å². The van der Waals surface area contributed by atoms with E-state index in [0.29, 0.717) is 25.6 Å². The molecule has 98 valence electrons. The normalized spacial score (nSPS) is 17.8. The molecule has 0 heterocycles. The Morgan fingerprint density at radius 3 is 2.31 bits per heavy atom. The minimum Gasteiger partial charge on any atom is -0.390 e. The van der Waals surface area contributed by atoms with Crippen molar-refractivity contribution < 1.29 is 10.2 Å². The second kappa shape index (κ2) is 7.22. The Hall–Kier alpha value is -0.160. The number of nitrogens with one attached hydrogen (secondary N) is 1. The molecule has 0 radical (unpaired) electrons. The van der Waals surface area contributed by atoms with E-state index in [4.69, 9.17) is 0 Å². The molecule has 2 unspecified atom stereocenters. The van der Waals surface area contributed by atoms with Crippen molar-refractivity contribution in [3.8, 4) is 0 Å². The lowest BCUT2D eigenvalue weighted by molar-refractivity contribution is 0.0343. The largest absolute Gasteiger partial charge is 0.390 e. The fourth-order valence-corrected chi connectivity index (χ4v) is 1.95. The van der Waals surface area contributed by atoms with Gasteiger partial charge in [-0.2, -0.15) is 0 Å². The van der Waals surface area contributed by atoms with Crippen LogP contribution in [0.4, 0.5) is 0 Å². The first-order valence-corrected chi connectivity index (χ1v) is 5.99. The Bertz CT molecular complexity index is 182. The molecule has 2 atom stereocenters. The van der Waals surface area contributed by atoms with E-state index >= 15 is 0 Å². The summed E-state index contributed by atoms with van der Waals surface area (Å²) in [6.07, 6.45) is 0.383. The van der Waals surface area contributed by atoms with Crippen molar-refractivity contribution in [2.24, 2.45) is 5.92 Å². The Morgan fingerprint density at radius 1 is 1.31 bits per heavy atom. The Morgan fingerprint density at radius 2 is 1.88 bits per heavy atom. The number of aliphatic hydroxyl groups is 2. The second-order valence-electron chi connectivity index (χ2n) is 5.64. The van der Waals surface area contributed by atoms with Crippen LogP contribution < -0.4 is 5.32 Å². The van der Waals surface area contributed by atoms with Crippen LogP contribution in [0.15, 0.2) is 0 Å². The first-order chi connectivity index (χ1) is 7.23. The maximum atomic E-state index is 10.0. The number of nitrogens with zero attached hydrogens (tertiary/aromatic N) is 1. The summed E-state index contributed by atoms with van der Waals surface area (Å²) < 4.78 is 0. The highest BCUT2D eigenvalue weighted by molar-refractivity contribution is 4.77. The van der Waals surface area contributed by atoms with Crippen molar-refractivity contribution in [3.05, 3.63) is 0 Å². The molecule has 3 N–H and O–H groups in total. The van der Waals surface area contributed by atoms with Crippen LogP contribution in [0, 0.1) is 5.92 Å². The Kier molecular flexibility index (Phi) is 7.15. The molecule has 0 aliphatic heterocycles. The number of aliphatic hydroxyl groups excluding tert-OH is 1. The summed E-state index contributed by atoms with van der Waals surface area (Å²) in [4.78, 5) is 1.94. The molecule has 0 fully saturated rings. The zero-order valence-electron chi connectivity index (χ0n) is 11.3. The molecule has 16 heavy (non-hydrogen) atoms. The summed E-state index contributed by atoms with van der Waals surface area (Å²) in [5, 5.41) is 22.7. The van der Waals surface area contributed by atoms with Gasteiger partial charge in [-0.1, -0.05) is 13.8 Å². The van der Waals surface area contributed by atoms with Gasteiger partial charge in [0.05, 0.1) is 11.7 Å². The molecular weight excluding hydrogens is 204 g/mol. The number of likely N-dealkylation sites (N-methyl/N-ethyl adjacent to an activating group) is 1. The fourth-order valence-electron chi connectivity index (χ4n) is 1.95. The smallest absolute Gasteiger partial charge is 0.0791 e. The fraction of sp³-hybridized carbons (Fsp3) is 1.00. The SMILES string of the molecule is CC(C)CC(C)(O)CNCC(O)CN(C)C. The van der Waals surface area contributed by atoms with Crippen LogP contribution in [-0.4, -0.2) is 60.5 Å². The van der Waals surface area contributed by atoms with Gasteiger partial charge in [-0.05, 0) is 33.4 Å². The van der Waals surface area contributed by atoms with E-state index in [-0.39, 0.29) is 6.10 Å². The molecule has 0 spiro atoms. The van der Waals surface area contributed by atoms with Crippen LogP contribution in [0.5, 0.6) is 0 Å². The maximum absolute atomic E-state index is 10.0. The van der Waals surface area contributed by atoms with E-state index in [0.717, 1.165) is 6.42 Å². The zero-order chi connectivity index (χ0) is 12.8. The monoisotopic (exact) mass is 232 g/mol. The van der Waals surface area contributed by atoms with Gasteiger partial charge in [0.25, 0.3) is 0 Å². The molecule has 0 aromatic rings. The maximum Gasteiger partial charge on any atom is 0.0791 e. The average molecular weight is 232 g/mol.